The summed E-state index contributed by atoms with van der Waals surface area (Å²) in [6, 6.07) is 13.4. The van der Waals surface area contributed by atoms with Crippen LogP contribution in [0.5, 0.6) is 11.5 Å². The Hall–Kier alpha value is -2.93. The molecule has 0 saturated heterocycles. The minimum atomic E-state index is -0.653. The van der Waals surface area contributed by atoms with E-state index in [1.54, 1.807) is 14.0 Å². The van der Waals surface area contributed by atoms with E-state index >= 15 is 0 Å². The monoisotopic (exact) mass is 383 g/mol. The molecule has 1 atom stereocenters. The van der Waals surface area contributed by atoms with Crippen molar-refractivity contribution in [3.63, 3.8) is 0 Å². The van der Waals surface area contributed by atoms with Crippen LogP contribution >= 0.6 is 11.3 Å². The quantitative estimate of drug-likeness (QED) is 0.689. The molecule has 0 unspecified atom stereocenters. The maximum atomic E-state index is 12.4. The van der Waals surface area contributed by atoms with Gasteiger partial charge >= 0.3 is 0 Å². The summed E-state index contributed by atoms with van der Waals surface area (Å²) in [5, 5.41) is 12.1. The summed E-state index contributed by atoms with van der Waals surface area (Å²) in [4.78, 5) is 12.4. The first-order valence-electron chi connectivity index (χ1n) is 8.48. The van der Waals surface area contributed by atoms with Crippen molar-refractivity contribution >= 4 is 22.4 Å². The van der Waals surface area contributed by atoms with Gasteiger partial charge in [-0.15, -0.1) is 10.2 Å². The molecule has 0 aliphatic heterocycles. The van der Waals surface area contributed by atoms with Crippen LogP contribution in [0.4, 0.5) is 5.13 Å². The van der Waals surface area contributed by atoms with E-state index in [9.17, 15) is 4.79 Å². The van der Waals surface area contributed by atoms with Crippen molar-refractivity contribution < 1.29 is 14.3 Å². The van der Waals surface area contributed by atoms with Crippen LogP contribution in [0.15, 0.2) is 42.5 Å². The van der Waals surface area contributed by atoms with Gasteiger partial charge in [0.25, 0.3) is 5.91 Å². The maximum absolute atomic E-state index is 12.4. The van der Waals surface area contributed by atoms with E-state index in [1.165, 1.54) is 11.3 Å². The average molecular weight is 383 g/mol. The van der Waals surface area contributed by atoms with Gasteiger partial charge < -0.3 is 9.47 Å². The van der Waals surface area contributed by atoms with Crippen LogP contribution in [0.3, 0.4) is 0 Å². The number of anilines is 1. The van der Waals surface area contributed by atoms with Gasteiger partial charge in [0.2, 0.25) is 5.13 Å². The summed E-state index contributed by atoms with van der Waals surface area (Å²) in [5.41, 5.74) is 3.09. The molecule has 1 amide bonds. The third-order valence-corrected chi connectivity index (χ3v) is 4.76. The number of nitrogens with zero attached hydrogens (tertiary/aromatic N) is 2. The van der Waals surface area contributed by atoms with E-state index in [4.69, 9.17) is 9.47 Å². The van der Waals surface area contributed by atoms with Gasteiger partial charge in [0.1, 0.15) is 16.5 Å². The Balaban J connectivity index is 1.64. The second-order valence-electron chi connectivity index (χ2n) is 6.21. The summed E-state index contributed by atoms with van der Waals surface area (Å²) in [5.74, 6) is 1.17. The Labute approximate surface area is 162 Å². The van der Waals surface area contributed by atoms with E-state index in [2.05, 4.69) is 21.6 Å². The molecule has 1 N–H and O–H groups in total. The molecule has 7 heteroatoms. The molecule has 2 aromatic carbocycles. The predicted molar refractivity (Wildman–Crippen MR) is 107 cm³/mol. The van der Waals surface area contributed by atoms with E-state index in [0.717, 1.165) is 27.4 Å². The van der Waals surface area contributed by atoms with Gasteiger partial charge in [0, 0.05) is 5.56 Å². The highest BCUT2D eigenvalue weighted by molar-refractivity contribution is 7.18. The van der Waals surface area contributed by atoms with Crippen LogP contribution < -0.4 is 14.8 Å². The average Bonchev–Trinajstić information content (AvgIpc) is 3.09. The van der Waals surface area contributed by atoms with Crippen LogP contribution in [0, 0.1) is 13.8 Å². The fourth-order valence-corrected chi connectivity index (χ4v) is 3.34. The van der Waals surface area contributed by atoms with Gasteiger partial charge in [-0.1, -0.05) is 17.4 Å². The lowest BCUT2D eigenvalue weighted by Crippen LogP contribution is -2.30. The molecular weight excluding hydrogens is 362 g/mol. The van der Waals surface area contributed by atoms with E-state index in [0.29, 0.717) is 10.9 Å². The highest BCUT2D eigenvalue weighted by Crippen LogP contribution is 2.28. The van der Waals surface area contributed by atoms with Crippen LogP contribution in [0.1, 0.15) is 18.1 Å². The van der Waals surface area contributed by atoms with E-state index in [1.807, 2.05) is 50.2 Å². The number of hydrogen-bond acceptors (Lipinski definition) is 6. The Kier molecular flexibility index (Phi) is 5.71. The van der Waals surface area contributed by atoms with Crippen molar-refractivity contribution in [2.45, 2.75) is 26.9 Å². The fourth-order valence-electron chi connectivity index (χ4n) is 2.59. The lowest BCUT2D eigenvalue weighted by atomic mass is 10.1. The standard InChI is InChI=1S/C20H21N3O3S/c1-12-9-13(2)11-17(10-12)26-14(3)18(24)21-20-23-22-19(27-20)15-5-7-16(25-4)8-6-15/h5-11,14H,1-4H3,(H,21,23,24)/t14-/m0/s1. The van der Waals surface area contributed by atoms with Crippen LogP contribution in [0.25, 0.3) is 10.6 Å². The predicted octanol–water partition coefficient (Wildman–Crippen LogP) is 4.24. The molecule has 0 spiro atoms. The third-order valence-electron chi connectivity index (χ3n) is 3.87. The Morgan fingerprint density at radius 1 is 1.04 bits per heavy atom. The van der Waals surface area contributed by atoms with Crippen molar-refractivity contribution in [2.24, 2.45) is 0 Å². The topological polar surface area (TPSA) is 73.3 Å². The Morgan fingerprint density at radius 3 is 2.33 bits per heavy atom. The second-order valence-corrected chi connectivity index (χ2v) is 7.19. The molecule has 140 valence electrons. The number of carbonyl (C=O) groups excluding carboxylic acids is 1. The van der Waals surface area contributed by atoms with Crippen molar-refractivity contribution in [1.29, 1.82) is 0 Å². The molecule has 0 saturated carbocycles. The van der Waals surface area contributed by atoms with E-state index in [-0.39, 0.29) is 5.91 Å². The summed E-state index contributed by atoms with van der Waals surface area (Å²) < 4.78 is 10.9. The van der Waals surface area contributed by atoms with Gasteiger partial charge in [-0.3, -0.25) is 10.1 Å². The first-order chi connectivity index (χ1) is 12.9. The SMILES string of the molecule is COc1ccc(-c2nnc(NC(=O)[C@H](C)Oc3cc(C)cc(C)c3)s2)cc1. The molecule has 6 nitrogen and oxygen atoms in total. The smallest absolute Gasteiger partial charge is 0.266 e. The largest absolute Gasteiger partial charge is 0.497 e. The Morgan fingerprint density at radius 2 is 1.70 bits per heavy atom. The van der Waals surface area contributed by atoms with Crippen LogP contribution in [-0.2, 0) is 4.79 Å². The molecule has 1 heterocycles. The number of hydrogen-bond donors (Lipinski definition) is 1. The minimum absolute atomic E-state index is 0.272. The summed E-state index contributed by atoms with van der Waals surface area (Å²) in [6.45, 7) is 5.69. The molecule has 0 aliphatic rings. The van der Waals surface area contributed by atoms with Crippen LogP contribution in [0.2, 0.25) is 0 Å². The molecule has 3 rings (SSSR count). The zero-order valence-electron chi connectivity index (χ0n) is 15.6. The first kappa shape index (κ1) is 18.8. The number of carbonyl (C=O) groups is 1. The summed E-state index contributed by atoms with van der Waals surface area (Å²) >= 11 is 1.31. The van der Waals surface area contributed by atoms with Gasteiger partial charge in [-0.2, -0.15) is 0 Å². The lowest BCUT2D eigenvalue weighted by molar-refractivity contribution is -0.122. The number of aromatic nitrogens is 2. The molecule has 0 aliphatic carbocycles. The van der Waals surface area contributed by atoms with Gasteiger partial charge in [0.15, 0.2) is 6.10 Å². The first-order valence-corrected chi connectivity index (χ1v) is 9.30. The van der Waals surface area contributed by atoms with Gasteiger partial charge in [-0.25, -0.2) is 0 Å². The number of methoxy groups -OCH3 is 1. The molecule has 0 bridgehead atoms. The molecular formula is C20H21N3O3S. The molecule has 0 fully saturated rings. The maximum Gasteiger partial charge on any atom is 0.266 e. The molecule has 3 aromatic rings. The molecule has 1 aromatic heterocycles. The number of rotatable bonds is 6. The van der Waals surface area contributed by atoms with Crippen molar-refractivity contribution in [1.82, 2.24) is 10.2 Å². The van der Waals surface area contributed by atoms with Crippen LogP contribution in [-0.4, -0.2) is 29.3 Å². The van der Waals surface area contributed by atoms with Crippen molar-refractivity contribution in [3.05, 3.63) is 53.6 Å². The third kappa shape index (κ3) is 4.83. The van der Waals surface area contributed by atoms with Crippen molar-refractivity contribution in [2.75, 3.05) is 12.4 Å². The number of benzene rings is 2. The summed E-state index contributed by atoms with van der Waals surface area (Å²) in [7, 11) is 1.62. The summed E-state index contributed by atoms with van der Waals surface area (Å²) in [6.07, 6.45) is -0.653. The molecule has 27 heavy (non-hydrogen) atoms. The number of amides is 1. The highest BCUT2D eigenvalue weighted by atomic mass is 32.1. The van der Waals surface area contributed by atoms with Crippen molar-refractivity contribution in [3.8, 4) is 22.1 Å². The zero-order chi connectivity index (χ0) is 19.4. The fraction of sp³-hybridized carbons (Fsp3) is 0.250. The highest BCUT2D eigenvalue weighted by Gasteiger charge is 2.17. The Bertz CT molecular complexity index is 918. The number of ether oxygens (including phenoxy) is 2. The number of aryl methyl sites for hydroxylation is 2. The van der Waals surface area contributed by atoms with Gasteiger partial charge in [-0.05, 0) is 68.3 Å². The van der Waals surface area contributed by atoms with E-state index < -0.39 is 6.10 Å². The minimum Gasteiger partial charge on any atom is -0.497 e. The number of nitrogens with one attached hydrogen (secondary N) is 1. The lowest BCUT2D eigenvalue weighted by Gasteiger charge is -2.14. The normalized spacial score (nSPS) is 11.7. The van der Waals surface area contributed by atoms with Gasteiger partial charge in [0.05, 0.1) is 7.11 Å². The molecule has 0 radical (unpaired) electrons. The zero-order valence-corrected chi connectivity index (χ0v) is 16.5. The second kappa shape index (κ2) is 8.18.